The second-order valence-corrected chi connectivity index (χ2v) is 13.1. The van der Waals surface area contributed by atoms with E-state index < -0.39 is 52.6 Å². The molecule has 3 fully saturated rings. The van der Waals surface area contributed by atoms with Crippen molar-refractivity contribution in [3.63, 3.8) is 0 Å². The molecule has 10 heteroatoms. The molecule has 7 nitrogen and oxygen atoms in total. The predicted molar refractivity (Wildman–Crippen MR) is 161 cm³/mol. The number of carbonyl (C=O) groups excluding carboxylic acids is 4. The highest BCUT2D eigenvalue weighted by molar-refractivity contribution is 6.32. The molecule has 3 aromatic carbocycles. The van der Waals surface area contributed by atoms with E-state index in [-0.39, 0.29) is 47.7 Å². The minimum Gasteiger partial charge on any atom is -0.508 e. The van der Waals surface area contributed by atoms with E-state index in [4.69, 9.17) is 23.2 Å². The molecule has 224 valence electrons. The van der Waals surface area contributed by atoms with Gasteiger partial charge in [-0.15, -0.1) is 0 Å². The number of halogens is 3. The fraction of sp³-hybridized carbons (Fsp3) is 0.294. The molecular weight excluding hydrogens is 606 g/mol. The highest BCUT2D eigenvalue weighted by Crippen LogP contribution is 2.64. The fourth-order valence-corrected chi connectivity index (χ4v) is 8.33. The number of allylic oxidation sites excluding steroid dienone is 2. The lowest BCUT2D eigenvalue weighted by Crippen LogP contribution is -2.48. The molecule has 1 N–H and O–H groups in total. The number of amides is 4. The molecule has 2 saturated heterocycles. The van der Waals surface area contributed by atoms with E-state index in [9.17, 15) is 28.7 Å². The van der Waals surface area contributed by atoms with E-state index in [0.29, 0.717) is 10.6 Å². The van der Waals surface area contributed by atoms with Gasteiger partial charge >= 0.3 is 0 Å². The number of nitrogens with zero attached hydrogens (tertiary/aromatic N) is 2. The number of likely N-dealkylation sites (tertiary alicyclic amines) is 1. The van der Waals surface area contributed by atoms with Crippen LogP contribution in [0.1, 0.15) is 36.8 Å². The van der Waals surface area contributed by atoms with Crippen LogP contribution >= 0.6 is 23.2 Å². The summed E-state index contributed by atoms with van der Waals surface area (Å²) in [6.07, 6.45) is 2.34. The maximum absolute atomic E-state index is 14.4. The quantitative estimate of drug-likeness (QED) is 0.270. The van der Waals surface area contributed by atoms with Gasteiger partial charge in [0, 0.05) is 16.5 Å². The Balaban J connectivity index is 1.35. The van der Waals surface area contributed by atoms with E-state index >= 15 is 0 Å². The van der Waals surface area contributed by atoms with Crippen molar-refractivity contribution in [3.05, 3.63) is 105 Å². The second kappa shape index (κ2) is 10.3. The van der Waals surface area contributed by atoms with Crippen LogP contribution in [0.2, 0.25) is 10.0 Å². The maximum atomic E-state index is 14.4. The average molecular weight is 634 g/mol. The smallest absolute Gasteiger partial charge is 0.241 e. The minimum absolute atomic E-state index is 0.105. The zero-order chi connectivity index (χ0) is 31.1. The van der Waals surface area contributed by atoms with Gasteiger partial charge in [0.2, 0.25) is 23.6 Å². The van der Waals surface area contributed by atoms with Gasteiger partial charge in [0.1, 0.15) is 11.6 Å². The first kappa shape index (κ1) is 28.7. The minimum atomic E-state index is -1.38. The largest absolute Gasteiger partial charge is 0.508 e. The van der Waals surface area contributed by atoms with Crippen LogP contribution in [0.25, 0.3) is 0 Å². The fourth-order valence-electron chi connectivity index (χ4n) is 7.97. The molecule has 0 radical (unpaired) electrons. The van der Waals surface area contributed by atoms with E-state index in [1.807, 2.05) is 36.4 Å². The molecule has 6 atom stereocenters. The molecule has 4 amide bonds. The number of benzene rings is 3. The first-order valence-corrected chi connectivity index (χ1v) is 15.2. The summed E-state index contributed by atoms with van der Waals surface area (Å²) in [6.45, 7) is 1.84. The molecule has 3 aromatic rings. The summed E-state index contributed by atoms with van der Waals surface area (Å²) >= 11 is 12.4. The monoisotopic (exact) mass is 632 g/mol. The molecule has 0 bridgehead atoms. The van der Waals surface area contributed by atoms with Crippen molar-refractivity contribution in [1.82, 2.24) is 4.90 Å². The van der Waals surface area contributed by atoms with E-state index in [1.165, 1.54) is 29.2 Å². The summed E-state index contributed by atoms with van der Waals surface area (Å²) in [6, 6.07) is 17.5. The summed E-state index contributed by atoms with van der Waals surface area (Å²) in [5.41, 5.74) is 0.657. The van der Waals surface area contributed by atoms with Crippen LogP contribution < -0.4 is 4.90 Å². The number of imide groups is 2. The van der Waals surface area contributed by atoms with E-state index in [2.05, 4.69) is 0 Å². The average Bonchev–Trinajstić information content (AvgIpc) is 3.36. The van der Waals surface area contributed by atoms with Crippen molar-refractivity contribution in [3.8, 4) is 5.75 Å². The highest BCUT2D eigenvalue weighted by atomic mass is 35.5. The molecule has 2 aliphatic heterocycles. The van der Waals surface area contributed by atoms with Gasteiger partial charge in [-0.1, -0.05) is 65.2 Å². The zero-order valence-corrected chi connectivity index (χ0v) is 25.1. The van der Waals surface area contributed by atoms with Crippen LogP contribution in [0.3, 0.4) is 0 Å². The summed E-state index contributed by atoms with van der Waals surface area (Å²) in [5.74, 6) is -6.00. The molecule has 44 heavy (non-hydrogen) atoms. The molecule has 0 unspecified atom stereocenters. The first-order chi connectivity index (χ1) is 21.0. The lowest BCUT2D eigenvalue weighted by molar-refractivity contribution is -0.141. The van der Waals surface area contributed by atoms with Crippen LogP contribution in [0.15, 0.2) is 78.4 Å². The number of rotatable bonds is 4. The topological polar surface area (TPSA) is 95.0 Å². The maximum Gasteiger partial charge on any atom is 0.241 e. The molecule has 0 aromatic heterocycles. The van der Waals surface area contributed by atoms with Crippen molar-refractivity contribution in [2.75, 3.05) is 4.90 Å². The number of hydrogen-bond acceptors (Lipinski definition) is 5. The Bertz CT molecular complexity index is 1800. The van der Waals surface area contributed by atoms with Crippen LogP contribution in [-0.2, 0) is 25.7 Å². The lowest BCUT2D eigenvalue weighted by atomic mass is 9.51. The Morgan fingerprint density at radius 3 is 2.41 bits per heavy atom. The molecule has 1 saturated carbocycles. The summed E-state index contributed by atoms with van der Waals surface area (Å²) in [7, 11) is 0. The number of phenols is 1. The third-order valence-corrected chi connectivity index (χ3v) is 10.5. The van der Waals surface area contributed by atoms with E-state index in [1.54, 1.807) is 13.0 Å². The van der Waals surface area contributed by atoms with Gasteiger partial charge in [0.05, 0.1) is 40.4 Å². The Morgan fingerprint density at radius 2 is 1.68 bits per heavy atom. The normalized spacial score (nSPS) is 29.5. The number of aromatic hydroxyl groups is 1. The number of fused-ring (bicyclic) bond motifs is 4. The number of hydrogen-bond donors (Lipinski definition) is 1. The number of anilines is 1. The third kappa shape index (κ3) is 4.07. The Hall–Kier alpha value is -4.01. The summed E-state index contributed by atoms with van der Waals surface area (Å²) in [4.78, 5) is 58.6. The van der Waals surface area contributed by atoms with Gasteiger partial charge in [-0.25, -0.2) is 9.29 Å². The zero-order valence-electron chi connectivity index (χ0n) is 23.5. The second-order valence-electron chi connectivity index (χ2n) is 12.2. The van der Waals surface area contributed by atoms with Crippen molar-refractivity contribution in [1.29, 1.82) is 0 Å². The van der Waals surface area contributed by atoms with Gasteiger partial charge in [-0.05, 0) is 67.6 Å². The SMILES string of the molecule is C[C@@]12C(=O)N(c3ccc(F)c(Cl)c3)C(=O)[C@@H]1C[C@@H]1C(=CC[C@@H]3C(=O)N(Cc4ccccc4)C(=O)[C@@H]31)[C@@H]2c1cc(Cl)ccc1O. The van der Waals surface area contributed by atoms with Gasteiger partial charge in [-0.3, -0.25) is 24.1 Å². The van der Waals surface area contributed by atoms with Gasteiger partial charge in [0.25, 0.3) is 0 Å². The van der Waals surface area contributed by atoms with E-state index in [0.717, 1.165) is 22.1 Å². The van der Waals surface area contributed by atoms with Crippen LogP contribution in [0, 0.1) is 34.9 Å². The lowest BCUT2D eigenvalue weighted by Gasteiger charge is -2.49. The van der Waals surface area contributed by atoms with Crippen molar-refractivity contribution in [2.24, 2.45) is 29.1 Å². The number of carbonyl (C=O) groups is 4. The van der Waals surface area contributed by atoms with Crippen LogP contribution in [0.4, 0.5) is 10.1 Å². The molecule has 2 heterocycles. The van der Waals surface area contributed by atoms with Gasteiger partial charge < -0.3 is 5.11 Å². The van der Waals surface area contributed by atoms with Crippen molar-refractivity contribution in [2.45, 2.75) is 32.2 Å². The Labute approximate surface area is 262 Å². The van der Waals surface area contributed by atoms with Crippen molar-refractivity contribution < 1.29 is 28.7 Å². The highest BCUT2D eigenvalue weighted by Gasteiger charge is 2.67. The van der Waals surface area contributed by atoms with Crippen molar-refractivity contribution >= 4 is 52.5 Å². The Kier molecular flexibility index (Phi) is 6.71. The molecule has 7 rings (SSSR count). The molecule has 0 spiro atoms. The summed E-state index contributed by atoms with van der Waals surface area (Å²) < 4.78 is 14.0. The Morgan fingerprint density at radius 1 is 0.932 bits per heavy atom. The van der Waals surface area contributed by atoms with Crippen LogP contribution in [-0.4, -0.2) is 33.6 Å². The van der Waals surface area contributed by atoms with Gasteiger partial charge in [0.15, 0.2) is 0 Å². The third-order valence-electron chi connectivity index (χ3n) is 10.0. The number of phenolic OH excluding ortho intramolecular Hbond substituents is 1. The molecular formula is C34H27Cl2FN2O5. The molecule has 4 aliphatic rings. The standard InChI is InChI=1S/C34H27Cl2FN2O5/c1-34-24(31(42)39(33(34)44)19-8-11-26(37)25(36)14-19)15-22-20(29(34)23-13-18(35)7-12-27(23)40)9-10-21-28(22)32(43)38(30(21)41)16-17-5-3-2-4-6-17/h2-9,11-14,21-22,24,28-29,40H,10,15-16H2,1H3/t21-,22+,24-,28-,29+,34+/m0/s1. The molecule has 2 aliphatic carbocycles. The van der Waals surface area contributed by atoms with Gasteiger partial charge in [-0.2, -0.15) is 0 Å². The predicted octanol–water partition coefficient (Wildman–Crippen LogP) is 6.27. The van der Waals surface area contributed by atoms with Crippen LogP contribution in [0.5, 0.6) is 5.75 Å². The summed E-state index contributed by atoms with van der Waals surface area (Å²) in [5, 5.41) is 11.2. The first-order valence-electron chi connectivity index (χ1n) is 14.4.